The first kappa shape index (κ1) is 21.5. The summed E-state index contributed by atoms with van der Waals surface area (Å²) < 4.78 is 10.4. The monoisotopic (exact) mass is 425 g/mol. The van der Waals surface area contributed by atoms with Gasteiger partial charge in [-0.15, -0.1) is 0 Å². The molecule has 1 aromatic heterocycles. The number of rotatable bonds is 10. The summed E-state index contributed by atoms with van der Waals surface area (Å²) in [5.74, 6) is 0.379. The molecule has 2 aromatic carbocycles. The minimum absolute atomic E-state index is 0.0237. The number of aryl methyl sites for hydroxylation is 2. The van der Waals surface area contributed by atoms with Crippen molar-refractivity contribution in [3.05, 3.63) is 83.1 Å². The van der Waals surface area contributed by atoms with Crippen molar-refractivity contribution in [2.45, 2.75) is 19.3 Å². The molecule has 0 aliphatic rings. The second-order valence-corrected chi connectivity index (χ2v) is 6.98. The number of amides is 1. The summed E-state index contributed by atoms with van der Waals surface area (Å²) in [7, 11) is 0. The Bertz CT molecular complexity index is 975. The summed E-state index contributed by atoms with van der Waals surface area (Å²) in [5.41, 5.74) is 4.78. The Morgan fingerprint density at radius 1 is 1.10 bits per heavy atom. The summed E-state index contributed by atoms with van der Waals surface area (Å²) in [6.07, 6.45) is 2.28. The summed E-state index contributed by atoms with van der Waals surface area (Å²) in [6, 6.07) is 19.4. The number of hydrogen-bond acceptors (Lipinski definition) is 6. The van der Waals surface area contributed by atoms with Crippen LogP contribution >= 0.6 is 12.2 Å². The van der Waals surface area contributed by atoms with Gasteiger partial charge in [-0.3, -0.25) is 15.5 Å². The van der Waals surface area contributed by atoms with E-state index in [1.165, 1.54) is 11.6 Å². The van der Waals surface area contributed by atoms with Crippen molar-refractivity contribution in [1.82, 2.24) is 16.0 Å². The molecule has 0 saturated carbocycles. The zero-order chi connectivity index (χ0) is 21.2. The van der Waals surface area contributed by atoms with E-state index < -0.39 is 0 Å². The Balaban J connectivity index is 1.43. The van der Waals surface area contributed by atoms with E-state index in [1.807, 2.05) is 47.9 Å². The maximum atomic E-state index is 12.6. The number of aromatic nitrogens is 1. The molecule has 0 bridgehead atoms. The van der Waals surface area contributed by atoms with E-state index in [9.17, 15) is 4.79 Å². The van der Waals surface area contributed by atoms with Crippen LogP contribution in [0.2, 0.25) is 0 Å². The fourth-order valence-electron chi connectivity index (χ4n) is 2.92. The first-order valence-corrected chi connectivity index (χ1v) is 10.0. The predicted molar refractivity (Wildman–Crippen MR) is 116 cm³/mol. The topological polar surface area (TPSA) is 96.6 Å². The van der Waals surface area contributed by atoms with Gasteiger partial charge in [-0.1, -0.05) is 60.7 Å². The molecular weight excluding hydrogens is 402 g/mol. The van der Waals surface area contributed by atoms with Crippen LogP contribution in [-0.4, -0.2) is 34.4 Å². The molecule has 0 spiro atoms. The van der Waals surface area contributed by atoms with Gasteiger partial charge in [0.25, 0.3) is 11.8 Å². The second-order valence-electron chi connectivity index (χ2n) is 6.57. The van der Waals surface area contributed by atoms with Crippen molar-refractivity contribution in [3.63, 3.8) is 0 Å². The molecule has 0 saturated heterocycles. The number of ether oxygens (including phenoxy) is 1. The van der Waals surface area contributed by atoms with E-state index in [0.717, 1.165) is 18.4 Å². The minimum Gasteiger partial charge on any atom is -0.475 e. The fraction of sp³-hybridized carbons (Fsp3) is 0.227. The van der Waals surface area contributed by atoms with Gasteiger partial charge >= 0.3 is 0 Å². The number of carbonyl (C=O) groups excluding carboxylic acids is 1. The molecule has 0 radical (unpaired) electrons. The van der Waals surface area contributed by atoms with Crippen molar-refractivity contribution < 1.29 is 19.3 Å². The number of benzene rings is 2. The molecule has 156 valence electrons. The number of hydroxylamine groups is 1. The summed E-state index contributed by atoms with van der Waals surface area (Å²) >= 11 is 4.82. The van der Waals surface area contributed by atoms with Crippen LogP contribution in [0.5, 0.6) is 5.88 Å². The number of carbonyl (C=O) groups is 1. The third-order valence-corrected chi connectivity index (χ3v) is 4.75. The van der Waals surface area contributed by atoms with E-state index in [1.54, 1.807) is 0 Å². The third kappa shape index (κ3) is 6.13. The Hall–Kier alpha value is -3.23. The zero-order valence-corrected chi connectivity index (χ0v) is 17.2. The zero-order valence-electron chi connectivity index (χ0n) is 16.3. The van der Waals surface area contributed by atoms with E-state index in [-0.39, 0.29) is 22.5 Å². The van der Waals surface area contributed by atoms with Crippen LogP contribution in [0, 0.1) is 0 Å². The molecule has 3 N–H and O–H groups in total. The molecule has 0 aliphatic carbocycles. The summed E-state index contributed by atoms with van der Waals surface area (Å²) in [5, 5.41) is 15.4. The Labute approximate surface area is 180 Å². The quantitative estimate of drug-likeness (QED) is 0.260. The smallest absolute Gasteiger partial charge is 0.254 e. The van der Waals surface area contributed by atoms with Gasteiger partial charge in [-0.2, -0.15) is 0 Å². The van der Waals surface area contributed by atoms with Crippen LogP contribution in [0.3, 0.4) is 0 Å². The van der Waals surface area contributed by atoms with Crippen molar-refractivity contribution in [3.8, 4) is 5.88 Å². The molecule has 3 rings (SSSR count). The van der Waals surface area contributed by atoms with Gasteiger partial charge in [0, 0.05) is 12.1 Å². The van der Waals surface area contributed by atoms with Gasteiger partial charge in [0.05, 0.1) is 12.7 Å². The van der Waals surface area contributed by atoms with Crippen molar-refractivity contribution in [1.29, 1.82) is 0 Å². The lowest BCUT2D eigenvalue weighted by molar-refractivity contribution is 0.0950. The number of nitrogens with one attached hydrogen (secondary N) is 2. The molecule has 8 heteroatoms. The molecule has 0 atom stereocenters. The SMILES string of the molecule is O=C(NCCCOc1cc(C(=S)NO)on1)c1ccccc1CCc1ccccc1. The van der Waals surface area contributed by atoms with Gasteiger partial charge < -0.3 is 14.6 Å². The van der Waals surface area contributed by atoms with E-state index in [2.05, 4.69) is 22.6 Å². The van der Waals surface area contributed by atoms with Gasteiger partial charge in [0.15, 0.2) is 10.7 Å². The van der Waals surface area contributed by atoms with Crippen molar-refractivity contribution in [2.75, 3.05) is 13.2 Å². The highest BCUT2D eigenvalue weighted by atomic mass is 32.1. The van der Waals surface area contributed by atoms with Gasteiger partial charge in [0.2, 0.25) is 0 Å². The molecule has 7 nitrogen and oxygen atoms in total. The second kappa shape index (κ2) is 11.1. The summed E-state index contributed by atoms with van der Waals surface area (Å²) in [6.45, 7) is 0.814. The average molecular weight is 426 g/mol. The number of thiocarbonyl (C=S) groups is 1. The van der Waals surface area contributed by atoms with Crippen LogP contribution in [0.15, 0.2) is 65.2 Å². The van der Waals surface area contributed by atoms with Crippen molar-refractivity contribution >= 4 is 23.1 Å². The number of nitrogens with zero attached hydrogens (tertiary/aromatic N) is 1. The van der Waals surface area contributed by atoms with Crippen LogP contribution in [0.25, 0.3) is 0 Å². The van der Waals surface area contributed by atoms with Crippen LogP contribution in [0.4, 0.5) is 0 Å². The maximum absolute atomic E-state index is 12.6. The highest BCUT2D eigenvalue weighted by molar-refractivity contribution is 7.80. The highest BCUT2D eigenvalue weighted by Gasteiger charge is 2.11. The Morgan fingerprint density at radius 2 is 1.87 bits per heavy atom. The van der Waals surface area contributed by atoms with Gasteiger partial charge in [0.1, 0.15) is 0 Å². The Morgan fingerprint density at radius 3 is 2.67 bits per heavy atom. The number of hydrogen-bond donors (Lipinski definition) is 3. The third-order valence-electron chi connectivity index (χ3n) is 4.46. The average Bonchev–Trinajstić information content (AvgIpc) is 3.26. The first-order chi connectivity index (χ1) is 14.7. The minimum atomic E-state index is -0.0956. The molecule has 0 unspecified atom stereocenters. The molecule has 30 heavy (non-hydrogen) atoms. The molecule has 0 aliphatic heterocycles. The predicted octanol–water partition coefficient (Wildman–Crippen LogP) is 3.31. The van der Waals surface area contributed by atoms with Crippen molar-refractivity contribution in [2.24, 2.45) is 0 Å². The Kier molecular flexibility index (Phi) is 7.94. The van der Waals surface area contributed by atoms with E-state index in [0.29, 0.717) is 25.1 Å². The first-order valence-electron chi connectivity index (χ1n) is 9.61. The van der Waals surface area contributed by atoms with Gasteiger partial charge in [-0.25, -0.2) is 0 Å². The molecular formula is C22H23N3O4S. The van der Waals surface area contributed by atoms with Crippen LogP contribution in [0.1, 0.15) is 33.7 Å². The van der Waals surface area contributed by atoms with E-state index >= 15 is 0 Å². The summed E-state index contributed by atoms with van der Waals surface area (Å²) in [4.78, 5) is 12.6. The standard InChI is InChI=1S/C22H23N3O4S/c26-21(23-13-6-14-28-20-15-19(29-25-20)22(30)24-27)18-10-5-4-9-17(18)12-11-16-7-2-1-3-8-16/h1-5,7-10,15,27H,6,11-14H2,(H,23,26)(H,24,30). The van der Waals surface area contributed by atoms with E-state index in [4.69, 9.17) is 26.7 Å². The lowest BCUT2D eigenvalue weighted by atomic mass is 9.99. The maximum Gasteiger partial charge on any atom is 0.254 e. The fourth-order valence-corrected chi connectivity index (χ4v) is 3.01. The largest absolute Gasteiger partial charge is 0.475 e. The highest BCUT2D eigenvalue weighted by Crippen LogP contribution is 2.14. The normalized spacial score (nSPS) is 10.4. The lowest BCUT2D eigenvalue weighted by Crippen LogP contribution is -2.26. The molecule has 1 amide bonds. The van der Waals surface area contributed by atoms with Crippen LogP contribution < -0.4 is 15.5 Å². The molecule has 3 aromatic rings. The molecule has 1 heterocycles. The molecule has 0 fully saturated rings. The lowest BCUT2D eigenvalue weighted by Gasteiger charge is -2.10. The van der Waals surface area contributed by atoms with Gasteiger partial charge in [-0.05, 0) is 41.6 Å². The van der Waals surface area contributed by atoms with Crippen LogP contribution in [-0.2, 0) is 12.8 Å².